The van der Waals surface area contributed by atoms with E-state index in [1.165, 1.54) is 0 Å². The molecule has 106 valence electrons. The van der Waals surface area contributed by atoms with E-state index in [-0.39, 0.29) is 11.4 Å². The second-order valence-corrected chi connectivity index (χ2v) is 5.10. The molecule has 1 aromatic rings. The highest BCUT2D eigenvalue weighted by Crippen LogP contribution is 2.24. The Morgan fingerprint density at radius 3 is 2.68 bits per heavy atom. The van der Waals surface area contributed by atoms with Crippen LogP contribution in [0.15, 0.2) is 18.2 Å². The third kappa shape index (κ3) is 4.44. The van der Waals surface area contributed by atoms with Gasteiger partial charge in [0.05, 0.1) is 23.5 Å². The minimum Gasteiger partial charge on any atom is -0.397 e. The maximum atomic E-state index is 11.8. The second-order valence-electron chi connectivity index (χ2n) is 5.10. The lowest BCUT2D eigenvalue weighted by Gasteiger charge is -2.27. The van der Waals surface area contributed by atoms with E-state index in [0.717, 1.165) is 5.69 Å². The number of carbonyl (C=O) groups excluding carboxylic acids is 1. The van der Waals surface area contributed by atoms with Gasteiger partial charge in [-0.25, -0.2) is 0 Å². The zero-order valence-corrected chi connectivity index (χ0v) is 12.0. The molecule has 1 rings (SSSR count). The first kappa shape index (κ1) is 15.3. The summed E-state index contributed by atoms with van der Waals surface area (Å²) in [7, 11) is 1.65. The van der Waals surface area contributed by atoms with E-state index in [1.807, 2.05) is 20.8 Å². The maximum Gasteiger partial charge on any atom is 0.251 e. The Kier molecular flexibility index (Phi) is 5.18. The molecule has 0 saturated carbocycles. The van der Waals surface area contributed by atoms with E-state index in [9.17, 15) is 4.79 Å². The molecule has 0 aliphatic rings. The first-order valence-electron chi connectivity index (χ1n) is 6.34. The zero-order valence-electron chi connectivity index (χ0n) is 12.0. The van der Waals surface area contributed by atoms with E-state index >= 15 is 0 Å². The van der Waals surface area contributed by atoms with Crippen molar-refractivity contribution in [1.29, 1.82) is 0 Å². The Morgan fingerprint density at radius 2 is 2.11 bits per heavy atom. The summed E-state index contributed by atoms with van der Waals surface area (Å²) >= 11 is 0. The molecule has 0 bridgehead atoms. The molecule has 0 unspecified atom stereocenters. The van der Waals surface area contributed by atoms with Crippen molar-refractivity contribution >= 4 is 17.3 Å². The lowest BCUT2D eigenvalue weighted by molar-refractivity contribution is 0.0956. The number of nitrogen functional groups attached to an aromatic ring is 1. The molecule has 19 heavy (non-hydrogen) atoms. The number of carbonyl (C=O) groups is 1. The van der Waals surface area contributed by atoms with Crippen molar-refractivity contribution in [3.63, 3.8) is 0 Å². The molecule has 0 fully saturated rings. The molecular formula is C14H23N3O2. The predicted octanol–water partition coefficient (Wildman–Crippen LogP) is 1.86. The number of methoxy groups -OCH3 is 1. The minimum atomic E-state index is -0.261. The van der Waals surface area contributed by atoms with Crippen LogP contribution in [0.5, 0.6) is 0 Å². The van der Waals surface area contributed by atoms with Crippen molar-refractivity contribution in [3.05, 3.63) is 23.8 Å². The molecule has 1 aromatic carbocycles. The SMILES string of the molecule is CCNC(=O)c1ccc(N)c(NC(C)(C)COC)c1. The van der Waals surface area contributed by atoms with Crippen LogP contribution in [0.25, 0.3) is 0 Å². The molecule has 0 aliphatic heterocycles. The minimum absolute atomic E-state index is 0.102. The molecule has 4 N–H and O–H groups in total. The fraction of sp³-hybridized carbons (Fsp3) is 0.500. The number of rotatable bonds is 6. The Labute approximate surface area is 114 Å². The van der Waals surface area contributed by atoms with Crippen LogP contribution in [0.2, 0.25) is 0 Å². The van der Waals surface area contributed by atoms with Crippen LogP contribution in [0.1, 0.15) is 31.1 Å². The summed E-state index contributed by atoms with van der Waals surface area (Å²) in [4.78, 5) is 11.8. The lowest BCUT2D eigenvalue weighted by Crippen LogP contribution is -2.36. The number of hydrogen-bond donors (Lipinski definition) is 3. The maximum absolute atomic E-state index is 11.8. The summed E-state index contributed by atoms with van der Waals surface area (Å²) in [6.45, 7) is 7.04. The first-order valence-corrected chi connectivity index (χ1v) is 6.34. The monoisotopic (exact) mass is 265 g/mol. The van der Waals surface area contributed by atoms with Gasteiger partial charge in [0.15, 0.2) is 0 Å². The summed E-state index contributed by atoms with van der Waals surface area (Å²) in [6, 6.07) is 5.21. The summed E-state index contributed by atoms with van der Waals surface area (Å²) in [5.74, 6) is -0.102. The van der Waals surface area contributed by atoms with Crippen LogP contribution < -0.4 is 16.4 Å². The Bertz CT molecular complexity index is 444. The van der Waals surface area contributed by atoms with Crippen molar-refractivity contribution in [3.8, 4) is 0 Å². The number of benzene rings is 1. The smallest absolute Gasteiger partial charge is 0.251 e. The summed E-state index contributed by atoms with van der Waals surface area (Å²) < 4.78 is 5.15. The van der Waals surface area contributed by atoms with Crippen molar-refractivity contribution < 1.29 is 9.53 Å². The molecule has 0 atom stereocenters. The number of hydrogen-bond acceptors (Lipinski definition) is 4. The van der Waals surface area contributed by atoms with Gasteiger partial charge in [-0.15, -0.1) is 0 Å². The highest BCUT2D eigenvalue weighted by Gasteiger charge is 2.19. The van der Waals surface area contributed by atoms with E-state index in [1.54, 1.807) is 25.3 Å². The Hall–Kier alpha value is -1.75. The normalized spacial score (nSPS) is 11.2. The second kappa shape index (κ2) is 6.43. The van der Waals surface area contributed by atoms with Crippen LogP contribution in [0, 0.1) is 0 Å². The first-order chi connectivity index (χ1) is 8.89. The molecule has 0 aliphatic carbocycles. The van der Waals surface area contributed by atoms with Crippen LogP contribution >= 0.6 is 0 Å². The molecule has 0 aromatic heterocycles. The number of amides is 1. The zero-order chi connectivity index (χ0) is 14.5. The molecule has 5 nitrogen and oxygen atoms in total. The van der Waals surface area contributed by atoms with Crippen molar-refractivity contribution in [2.45, 2.75) is 26.3 Å². The van der Waals surface area contributed by atoms with E-state index in [0.29, 0.717) is 24.4 Å². The van der Waals surface area contributed by atoms with E-state index in [4.69, 9.17) is 10.5 Å². The van der Waals surface area contributed by atoms with Crippen molar-refractivity contribution in [1.82, 2.24) is 5.32 Å². The van der Waals surface area contributed by atoms with Crippen molar-refractivity contribution in [2.24, 2.45) is 0 Å². The summed E-state index contributed by atoms with van der Waals surface area (Å²) in [5, 5.41) is 6.06. The van der Waals surface area contributed by atoms with Gasteiger partial charge < -0.3 is 21.1 Å². The molecule has 0 spiro atoms. The number of ether oxygens (including phenoxy) is 1. The quantitative estimate of drug-likeness (QED) is 0.686. The standard InChI is InChI=1S/C14H23N3O2/c1-5-16-13(18)10-6-7-11(15)12(8-10)17-14(2,3)9-19-4/h6-8,17H,5,9,15H2,1-4H3,(H,16,18). The van der Waals surface area contributed by atoms with Crippen LogP contribution in [-0.2, 0) is 4.74 Å². The summed E-state index contributed by atoms with van der Waals surface area (Å²) in [5.41, 5.74) is 7.61. The highest BCUT2D eigenvalue weighted by atomic mass is 16.5. The fourth-order valence-corrected chi connectivity index (χ4v) is 1.83. The average molecular weight is 265 g/mol. The molecular weight excluding hydrogens is 242 g/mol. The van der Waals surface area contributed by atoms with Crippen LogP contribution in [-0.4, -0.2) is 31.7 Å². The van der Waals surface area contributed by atoms with Gasteiger partial charge >= 0.3 is 0 Å². The highest BCUT2D eigenvalue weighted by molar-refractivity contribution is 5.96. The predicted molar refractivity (Wildman–Crippen MR) is 78.4 cm³/mol. The van der Waals surface area contributed by atoms with Crippen molar-refractivity contribution in [2.75, 3.05) is 31.3 Å². The Balaban J connectivity index is 2.94. The van der Waals surface area contributed by atoms with Gasteiger partial charge in [-0.1, -0.05) is 0 Å². The molecule has 0 radical (unpaired) electrons. The summed E-state index contributed by atoms with van der Waals surface area (Å²) in [6.07, 6.45) is 0. The number of nitrogens with two attached hydrogens (primary N) is 1. The topological polar surface area (TPSA) is 76.4 Å². The molecule has 1 amide bonds. The third-order valence-electron chi connectivity index (χ3n) is 2.63. The third-order valence-corrected chi connectivity index (χ3v) is 2.63. The van der Waals surface area contributed by atoms with Gasteiger partial charge in [0.25, 0.3) is 5.91 Å². The van der Waals surface area contributed by atoms with E-state index in [2.05, 4.69) is 10.6 Å². The van der Waals surface area contributed by atoms with E-state index < -0.39 is 0 Å². The molecule has 0 heterocycles. The fourth-order valence-electron chi connectivity index (χ4n) is 1.83. The van der Waals surface area contributed by atoms with Gasteiger partial charge in [0.2, 0.25) is 0 Å². The number of nitrogens with one attached hydrogen (secondary N) is 2. The van der Waals surface area contributed by atoms with Gasteiger partial charge in [0.1, 0.15) is 0 Å². The largest absolute Gasteiger partial charge is 0.397 e. The lowest BCUT2D eigenvalue weighted by atomic mass is 10.0. The Morgan fingerprint density at radius 1 is 1.42 bits per heavy atom. The van der Waals surface area contributed by atoms with Gasteiger partial charge in [0, 0.05) is 19.2 Å². The van der Waals surface area contributed by atoms with Gasteiger partial charge in [-0.3, -0.25) is 4.79 Å². The van der Waals surface area contributed by atoms with Crippen LogP contribution in [0.4, 0.5) is 11.4 Å². The number of anilines is 2. The van der Waals surface area contributed by atoms with Gasteiger partial charge in [-0.2, -0.15) is 0 Å². The van der Waals surface area contributed by atoms with Gasteiger partial charge in [-0.05, 0) is 39.0 Å². The average Bonchev–Trinajstić information content (AvgIpc) is 2.31. The molecule has 5 heteroatoms. The molecule has 0 saturated heterocycles. The van der Waals surface area contributed by atoms with Crippen LogP contribution in [0.3, 0.4) is 0 Å².